The number of aromatic nitrogens is 1. The molecule has 3 heterocycles. The second-order valence-electron chi connectivity index (χ2n) is 8.73. The van der Waals surface area contributed by atoms with Crippen LogP contribution >= 0.6 is 23.8 Å². The van der Waals surface area contributed by atoms with Crippen molar-refractivity contribution in [2.45, 2.75) is 12.1 Å². The van der Waals surface area contributed by atoms with Crippen LogP contribution in [-0.4, -0.2) is 40.8 Å². The lowest BCUT2D eigenvalue weighted by Crippen LogP contribution is -2.29. The summed E-state index contributed by atoms with van der Waals surface area (Å²) in [6.45, 7) is -0.0457. The topological polar surface area (TPSA) is 117 Å². The van der Waals surface area contributed by atoms with Gasteiger partial charge in [0.05, 0.1) is 22.3 Å². The van der Waals surface area contributed by atoms with Crippen molar-refractivity contribution >= 4 is 52.2 Å². The molecule has 198 valence electrons. The number of hydrogen-bond acceptors (Lipinski definition) is 6. The van der Waals surface area contributed by atoms with Crippen LogP contribution in [0.4, 0.5) is 11.4 Å². The van der Waals surface area contributed by atoms with Crippen molar-refractivity contribution in [1.82, 2.24) is 10.3 Å². The molecule has 0 saturated carbocycles. The standard InChI is InChI=1S/C28H23ClN4O5S/c1-37-15-24(34)31-17-6-8-18(9-7-17)33-26(25(32-28(33)39)21-4-2-3-13-30-21)23-12-11-22(38-23)19-14-16(27(35)36)5-10-20(19)29/h2-14,25-26H,15H2,1H3,(H,31,34)(H,32,39)(H,35,36)/t25-,26+/m0/s1. The Kier molecular flexibility index (Phi) is 7.60. The highest BCUT2D eigenvalue weighted by Crippen LogP contribution is 2.43. The summed E-state index contributed by atoms with van der Waals surface area (Å²) in [5, 5.41) is 16.4. The summed E-state index contributed by atoms with van der Waals surface area (Å²) in [4.78, 5) is 29.9. The predicted octanol–water partition coefficient (Wildman–Crippen LogP) is 5.46. The number of carboxylic acid groups (broad SMARTS) is 1. The van der Waals surface area contributed by atoms with E-state index >= 15 is 0 Å². The van der Waals surface area contributed by atoms with E-state index in [1.807, 2.05) is 41.3 Å². The van der Waals surface area contributed by atoms with E-state index in [1.54, 1.807) is 24.4 Å². The van der Waals surface area contributed by atoms with Gasteiger partial charge in [-0.15, -0.1) is 0 Å². The molecular weight excluding hydrogens is 540 g/mol. The minimum atomic E-state index is -1.06. The van der Waals surface area contributed by atoms with Gasteiger partial charge in [-0.3, -0.25) is 9.78 Å². The molecule has 5 rings (SSSR count). The van der Waals surface area contributed by atoms with Gasteiger partial charge in [0.15, 0.2) is 5.11 Å². The summed E-state index contributed by atoms with van der Waals surface area (Å²) in [5.74, 6) is -0.326. The highest BCUT2D eigenvalue weighted by atomic mass is 35.5. The average Bonchev–Trinajstić information content (AvgIpc) is 3.54. The molecule has 0 unspecified atom stereocenters. The third-order valence-electron chi connectivity index (χ3n) is 6.20. The summed E-state index contributed by atoms with van der Waals surface area (Å²) in [5.41, 5.74) is 2.71. The summed E-state index contributed by atoms with van der Waals surface area (Å²) in [6, 6.07) is 20.1. The molecule has 0 radical (unpaired) electrons. The highest BCUT2D eigenvalue weighted by Gasteiger charge is 2.42. The molecule has 11 heteroatoms. The molecule has 1 fully saturated rings. The van der Waals surface area contributed by atoms with Gasteiger partial charge in [-0.1, -0.05) is 17.7 Å². The number of anilines is 2. The highest BCUT2D eigenvalue weighted by molar-refractivity contribution is 7.80. The smallest absolute Gasteiger partial charge is 0.335 e. The molecule has 1 saturated heterocycles. The molecule has 1 amide bonds. The maximum Gasteiger partial charge on any atom is 0.335 e. The van der Waals surface area contributed by atoms with E-state index in [4.69, 9.17) is 33.0 Å². The van der Waals surface area contributed by atoms with Crippen LogP contribution in [0.5, 0.6) is 0 Å². The zero-order chi connectivity index (χ0) is 27.5. The first-order chi connectivity index (χ1) is 18.9. The van der Waals surface area contributed by atoms with Gasteiger partial charge >= 0.3 is 5.97 Å². The first kappa shape index (κ1) is 26.4. The van der Waals surface area contributed by atoms with Crippen LogP contribution in [0.25, 0.3) is 11.3 Å². The number of pyridine rings is 1. The number of carbonyl (C=O) groups excluding carboxylic acids is 1. The van der Waals surface area contributed by atoms with Crippen LogP contribution in [0, 0.1) is 0 Å². The lowest BCUT2D eigenvalue weighted by Gasteiger charge is -2.26. The van der Waals surface area contributed by atoms with E-state index in [9.17, 15) is 14.7 Å². The van der Waals surface area contributed by atoms with E-state index in [2.05, 4.69) is 15.6 Å². The van der Waals surface area contributed by atoms with Crippen LogP contribution in [-0.2, 0) is 9.53 Å². The Morgan fingerprint density at radius 3 is 2.64 bits per heavy atom. The van der Waals surface area contributed by atoms with E-state index < -0.39 is 12.0 Å². The number of ether oxygens (including phenoxy) is 1. The molecule has 0 bridgehead atoms. The fourth-order valence-electron chi connectivity index (χ4n) is 4.46. The molecule has 2 aromatic heterocycles. The van der Waals surface area contributed by atoms with Crippen LogP contribution in [0.15, 0.2) is 83.4 Å². The van der Waals surface area contributed by atoms with E-state index in [0.717, 1.165) is 11.4 Å². The molecule has 1 aliphatic rings. The molecule has 2 aromatic carbocycles. The first-order valence-electron chi connectivity index (χ1n) is 11.9. The Morgan fingerprint density at radius 1 is 1.15 bits per heavy atom. The Labute approximate surface area is 234 Å². The molecule has 3 N–H and O–H groups in total. The second kappa shape index (κ2) is 11.2. The normalized spacial score (nSPS) is 16.7. The molecular formula is C28H23ClN4O5S. The number of nitrogens with zero attached hydrogens (tertiary/aromatic N) is 2. The van der Waals surface area contributed by atoms with E-state index in [1.165, 1.54) is 25.3 Å². The summed E-state index contributed by atoms with van der Waals surface area (Å²) >= 11 is 12.2. The van der Waals surface area contributed by atoms with Gasteiger partial charge < -0.3 is 29.8 Å². The number of aromatic carboxylic acids is 1. The van der Waals surface area contributed by atoms with Gasteiger partial charge in [0.2, 0.25) is 5.91 Å². The maximum atomic E-state index is 11.9. The van der Waals surface area contributed by atoms with Gasteiger partial charge in [0.25, 0.3) is 0 Å². The van der Waals surface area contributed by atoms with Crippen molar-refractivity contribution in [1.29, 1.82) is 0 Å². The molecule has 39 heavy (non-hydrogen) atoms. The van der Waals surface area contributed by atoms with Crippen molar-refractivity contribution in [3.8, 4) is 11.3 Å². The Hall–Kier alpha value is -4.25. The minimum absolute atomic E-state index is 0.0457. The summed E-state index contributed by atoms with van der Waals surface area (Å²) in [6.07, 6.45) is 1.71. The van der Waals surface area contributed by atoms with Gasteiger partial charge in [-0.25, -0.2) is 4.79 Å². The average molecular weight is 563 g/mol. The monoisotopic (exact) mass is 562 g/mol. The van der Waals surface area contributed by atoms with Crippen molar-refractivity contribution in [3.63, 3.8) is 0 Å². The van der Waals surface area contributed by atoms with E-state index in [0.29, 0.717) is 32.9 Å². The van der Waals surface area contributed by atoms with E-state index in [-0.39, 0.29) is 24.1 Å². The Morgan fingerprint density at radius 2 is 1.95 bits per heavy atom. The molecule has 9 nitrogen and oxygen atoms in total. The van der Waals surface area contributed by atoms with Gasteiger partial charge in [-0.05, 0) is 78.9 Å². The number of halogens is 1. The van der Waals surface area contributed by atoms with Gasteiger partial charge in [0.1, 0.15) is 24.2 Å². The van der Waals surface area contributed by atoms with Gasteiger partial charge in [-0.2, -0.15) is 0 Å². The number of thiocarbonyl (C=S) groups is 1. The number of carbonyl (C=O) groups is 2. The van der Waals surface area contributed by atoms with Crippen LogP contribution in [0.1, 0.15) is 33.9 Å². The minimum Gasteiger partial charge on any atom is -0.478 e. The number of carboxylic acids is 1. The lowest BCUT2D eigenvalue weighted by atomic mass is 10.0. The predicted molar refractivity (Wildman–Crippen MR) is 151 cm³/mol. The molecule has 4 aromatic rings. The fraction of sp³-hybridized carbons (Fsp3) is 0.143. The zero-order valence-corrected chi connectivity index (χ0v) is 22.2. The Balaban J connectivity index is 1.53. The Bertz CT molecular complexity index is 1530. The number of furan rings is 1. The number of amides is 1. The molecule has 0 spiro atoms. The quantitative estimate of drug-likeness (QED) is 0.241. The number of methoxy groups -OCH3 is 1. The van der Waals surface area contributed by atoms with Gasteiger partial charge in [0, 0.05) is 30.2 Å². The number of nitrogens with one attached hydrogen (secondary N) is 2. The maximum absolute atomic E-state index is 11.9. The third kappa shape index (κ3) is 5.49. The van der Waals surface area contributed by atoms with Crippen molar-refractivity contribution in [3.05, 3.63) is 101 Å². The molecule has 2 atom stereocenters. The lowest BCUT2D eigenvalue weighted by molar-refractivity contribution is -0.119. The third-order valence-corrected chi connectivity index (χ3v) is 6.84. The van der Waals surface area contributed by atoms with Crippen molar-refractivity contribution < 1.29 is 23.8 Å². The fourth-order valence-corrected chi connectivity index (χ4v) is 5.02. The van der Waals surface area contributed by atoms with Crippen LogP contribution in [0.3, 0.4) is 0 Å². The van der Waals surface area contributed by atoms with Crippen molar-refractivity contribution in [2.24, 2.45) is 0 Å². The summed E-state index contributed by atoms with van der Waals surface area (Å²) < 4.78 is 11.2. The second-order valence-corrected chi connectivity index (χ2v) is 9.52. The zero-order valence-electron chi connectivity index (χ0n) is 20.6. The van der Waals surface area contributed by atoms with Crippen LogP contribution in [0.2, 0.25) is 5.02 Å². The largest absolute Gasteiger partial charge is 0.478 e. The SMILES string of the molecule is COCC(=O)Nc1ccc(N2C(=S)N[C@@H](c3ccccn3)[C@H]2c2ccc(-c3cc(C(=O)O)ccc3Cl)o2)cc1. The van der Waals surface area contributed by atoms with Crippen molar-refractivity contribution in [2.75, 3.05) is 23.9 Å². The molecule has 1 aliphatic heterocycles. The summed E-state index contributed by atoms with van der Waals surface area (Å²) in [7, 11) is 1.46. The van der Waals surface area contributed by atoms with Crippen LogP contribution < -0.4 is 15.5 Å². The first-order valence-corrected chi connectivity index (χ1v) is 12.7. The number of rotatable bonds is 8. The number of hydrogen-bond donors (Lipinski definition) is 3. The number of benzene rings is 2. The molecule has 0 aliphatic carbocycles.